The Kier molecular flexibility index (Phi) is 2.81. The molecule has 1 fully saturated rings. The van der Waals surface area contributed by atoms with Crippen LogP contribution in [0.3, 0.4) is 0 Å². The Morgan fingerprint density at radius 1 is 1.39 bits per heavy atom. The van der Waals surface area contributed by atoms with Crippen LogP contribution in [0, 0.1) is 0 Å². The molecule has 2 aliphatic heterocycles. The van der Waals surface area contributed by atoms with Gasteiger partial charge in [0.1, 0.15) is 6.04 Å². The van der Waals surface area contributed by atoms with Crippen molar-refractivity contribution in [1.82, 2.24) is 10.9 Å². The van der Waals surface area contributed by atoms with E-state index >= 15 is 0 Å². The maximum Gasteiger partial charge on any atom is 0.245 e. The summed E-state index contributed by atoms with van der Waals surface area (Å²) in [5.74, 6) is 1.45. The second-order valence-corrected chi connectivity index (χ2v) is 4.35. The fourth-order valence-corrected chi connectivity index (χ4v) is 2.12. The molecule has 6 nitrogen and oxygen atoms in total. The van der Waals surface area contributed by atoms with E-state index in [1.165, 1.54) is 0 Å². The molecule has 0 bridgehead atoms. The van der Waals surface area contributed by atoms with E-state index in [-0.39, 0.29) is 18.7 Å². The minimum Gasteiger partial charge on any atom is -0.454 e. The molecule has 6 heteroatoms. The maximum atomic E-state index is 12.2. The first-order valence-corrected chi connectivity index (χ1v) is 5.91. The highest BCUT2D eigenvalue weighted by molar-refractivity contribution is 5.97. The second-order valence-electron chi connectivity index (χ2n) is 4.35. The zero-order chi connectivity index (χ0) is 12.5. The van der Waals surface area contributed by atoms with Gasteiger partial charge in [-0.15, -0.1) is 0 Å². The molecule has 1 aromatic carbocycles. The average molecular weight is 249 g/mol. The number of ether oxygens (including phenoxy) is 2. The van der Waals surface area contributed by atoms with Gasteiger partial charge in [-0.25, -0.2) is 5.43 Å². The highest BCUT2D eigenvalue weighted by Crippen LogP contribution is 2.35. The van der Waals surface area contributed by atoms with Crippen molar-refractivity contribution in [3.63, 3.8) is 0 Å². The van der Waals surface area contributed by atoms with Crippen LogP contribution in [-0.4, -0.2) is 32.3 Å². The number of carbonyl (C=O) groups is 1. The third-order valence-corrected chi connectivity index (χ3v) is 3.21. The summed E-state index contributed by atoms with van der Waals surface area (Å²) in [5, 5.41) is 0. The number of hydrogen-bond acceptors (Lipinski definition) is 5. The van der Waals surface area contributed by atoms with Crippen LogP contribution in [0.1, 0.15) is 6.42 Å². The largest absolute Gasteiger partial charge is 0.454 e. The predicted octanol–water partition coefficient (Wildman–Crippen LogP) is 0.245. The molecule has 0 radical (unpaired) electrons. The van der Waals surface area contributed by atoms with Crippen LogP contribution in [0.2, 0.25) is 0 Å². The Morgan fingerprint density at radius 3 is 3.00 bits per heavy atom. The lowest BCUT2D eigenvalue weighted by molar-refractivity contribution is -0.120. The van der Waals surface area contributed by atoms with Gasteiger partial charge in [-0.05, 0) is 18.6 Å². The van der Waals surface area contributed by atoms with Gasteiger partial charge in [0.2, 0.25) is 12.7 Å². The highest BCUT2D eigenvalue weighted by Gasteiger charge is 2.26. The minimum atomic E-state index is -0.166. The fourth-order valence-electron chi connectivity index (χ4n) is 2.12. The summed E-state index contributed by atoms with van der Waals surface area (Å²) >= 11 is 0. The Labute approximate surface area is 105 Å². The molecule has 2 aliphatic rings. The number of anilines is 1. The Hall–Kier alpha value is -1.79. The monoisotopic (exact) mass is 249 g/mol. The van der Waals surface area contributed by atoms with Crippen molar-refractivity contribution in [3.05, 3.63) is 18.2 Å². The van der Waals surface area contributed by atoms with Crippen molar-refractivity contribution >= 4 is 11.6 Å². The van der Waals surface area contributed by atoms with Crippen LogP contribution in [-0.2, 0) is 4.79 Å². The topological polar surface area (TPSA) is 62.8 Å². The number of benzene rings is 1. The zero-order valence-corrected chi connectivity index (χ0v) is 10.1. The van der Waals surface area contributed by atoms with Gasteiger partial charge in [0.25, 0.3) is 0 Å². The van der Waals surface area contributed by atoms with Crippen molar-refractivity contribution in [3.8, 4) is 11.5 Å². The molecule has 1 aromatic rings. The molecule has 0 aliphatic carbocycles. The molecule has 0 saturated carbocycles. The summed E-state index contributed by atoms with van der Waals surface area (Å²) in [6.45, 7) is 1.05. The second kappa shape index (κ2) is 4.47. The van der Waals surface area contributed by atoms with Gasteiger partial charge in [0, 0.05) is 25.3 Å². The Bertz CT molecular complexity index is 472. The van der Waals surface area contributed by atoms with E-state index in [9.17, 15) is 4.79 Å². The number of amides is 1. The van der Waals surface area contributed by atoms with Crippen molar-refractivity contribution in [2.24, 2.45) is 0 Å². The normalized spacial score (nSPS) is 21.1. The summed E-state index contributed by atoms with van der Waals surface area (Å²) in [7, 11) is 1.76. The predicted molar refractivity (Wildman–Crippen MR) is 65.5 cm³/mol. The number of fused-ring (bicyclic) bond motifs is 1. The number of rotatable bonds is 2. The van der Waals surface area contributed by atoms with E-state index in [0.717, 1.165) is 24.4 Å². The van der Waals surface area contributed by atoms with Gasteiger partial charge < -0.3 is 14.4 Å². The van der Waals surface area contributed by atoms with E-state index in [1.807, 2.05) is 18.2 Å². The zero-order valence-electron chi connectivity index (χ0n) is 10.1. The SMILES string of the molecule is CN(C(=O)C1CCNN1)c1ccc2c(c1)OCO2. The minimum absolute atomic E-state index is 0.0406. The summed E-state index contributed by atoms with van der Waals surface area (Å²) in [4.78, 5) is 13.8. The van der Waals surface area contributed by atoms with E-state index in [2.05, 4.69) is 10.9 Å². The highest BCUT2D eigenvalue weighted by atomic mass is 16.7. The summed E-state index contributed by atoms with van der Waals surface area (Å²) in [6.07, 6.45) is 0.799. The van der Waals surface area contributed by atoms with E-state index < -0.39 is 0 Å². The molecule has 2 heterocycles. The van der Waals surface area contributed by atoms with E-state index in [4.69, 9.17) is 9.47 Å². The van der Waals surface area contributed by atoms with Crippen LogP contribution >= 0.6 is 0 Å². The van der Waals surface area contributed by atoms with Crippen molar-refractivity contribution in [2.45, 2.75) is 12.5 Å². The van der Waals surface area contributed by atoms with Crippen molar-refractivity contribution in [1.29, 1.82) is 0 Å². The summed E-state index contributed by atoms with van der Waals surface area (Å²) < 4.78 is 10.6. The van der Waals surface area contributed by atoms with Gasteiger partial charge in [0.05, 0.1) is 0 Å². The molecule has 1 amide bonds. The number of hydrazine groups is 1. The first-order chi connectivity index (χ1) is 8.75. The molecule has 1 unspecified atom stereocenters. The number of nitrogens with one attached hydrogen (secondary N) is 2. The first kappa shape index (κ1) is 11.3. The molecule has 18 heavy (non-hydrogen) atoms. The Balaban J connectivity index is 1.79. The quantitative estimate of drug-likeness (QED) is 0.786. The third kappa shape index (κ3) is 1.89. The van der Waals surface area contributed by atoms with Crippen LogP contribution in [0.15, 0.2) is 18.2 Å². The fraction of sp³-hybridized carbons (Fsp3) is 0.417. The van der Waals surface area contributed by atoms with Crippen molar-refractivity contribution in [2.75, 3.05) is 25.3 Å². The number of nitrogens with zero attached hydrogens (tertiary/aromatic N) is 1. The van der Waals surface area contributed by atoms with E-state index in [1.54, 1.807) is 11.9 Å². The van der Waals surface area contributed by atoms with Crippen LogP contribution in [0.4, 0.5) is 5.69 Å². The van der Waals surface area contributed by atoms with Gasteiger partial charge in [-0.1, -0.05) is 0 Å². The van der Waals surface area contributed by atoms with Gasteiger partial charge in [-0.2, -0.15) is 0 Å². The molecule has 0 spiro atoms. The van der Waals surface area contributed by atoms with Crippen LogP contribution in [0.5, 0.6) is 11.5 Å². The standard InChI is InChI=1S/C12H15N3O3/c1-15(12(16)9-4-5-13-14-9)8-2-3-10-11(6-8)18-7-17-10/h2-3,6,9,13-14H,4-5,7H2,1H3. The molecule has 2 N–H and O–H groups in total. The number of hydrogen-bond donors (Lipinski definition) is 2. The van der Waals surface area contributed by atoms with Crippen LogP contribution in [0.25, 0.3) is 0 Å². The summed E-state index contributed by atoms with van der Waals surface area (Å²) in [5.41, 5.74) is 6.72. The first-order valence-electron chi connectivity index (χ1n) is 5.91. The van der Waals surface area contributed by atoms with Crippen LogP contribution < -0.4 is 25.2 Å². The van der Waals surface area contributed by atoms with Gasteiger partial charge >= 0.3 is 0 Å². The lowest BCUT2D eigenvalue weighted by Crippen LogP contribution is -2.44. The molecular formula is C12H15N3O3. The van der Waals surface area contributed by atoms with Crippen molar-refractivity contribution < 1.29 is 14.3 Å². The average Bonchev–Trinajstić information content (AvgIpc) is 3.06. The summed E-state index contributed by atoms with van der Waals surface area (Å²) in [6, 6.07) is 5.33. The maximum absolute atomic E-state index is 12.2. The molecule has 3 rings (SSSR count). The molecule has 96 valence electrons. The lowest BCUT2D eigenvalue weighted by atomic mass is 10.2. The lowest BCUT2D eigenvalue weighted by Gasteiger charge is -2.21. The smallest absolute Gasteiger partial charge is 0.245 e. The number of carbonyl (C=O) groups excluding carboxylic acids is 1. The van der Waals surface area contributed by atoms with Gasteiger partial charge in [-0.3, -0.25) is 10.2 Å². The molecular weight excluding hydrogens is 234 g/mol. The number of likely N-dealkylation sites (N-methyl/N-ethyl adjacent to an activating group) is 1. The van der Waals surface area contributed by atoms with Gasteiger partial charge in [0.15, 0.2) is 11.5 Å². The Morgan fingerprint density at radius 2 is 2.22 bits per heavy atom. The molecule has 1 atom stereocenters. The third-order valence-electron chi connectivity index (χ3n) is 3.21. The van der Waals surface area contributed by atoms with E-state index in [0.29, 0.717) is 5.75 Å². The molecule has 1 saturated heterocycles. The molecule has 0 aromatic heterocycles.